The van der Waals surface area contributed by atoms with Crippen molar-refractivity contribution in [1.29, 1.82) is 0 Å². The minimum atomic E-state index is -3.92. The lowest BCUT2D eigenvalue weighted by atomic mass is 10.1. The number of benzene rings is 3. The fourth-order valence-corrected chi connectivity index (χ4v) is 4.38. The summed E-state index contributed by atoms with van der Waals surface area (Å²) in [7, 11) is -3.92. The van der Waals surface area contributed by atoms with Gasteiger partial charge in [0, 0.05) is 6.54 Å². The predicted octanol–water partition coefficient (Wildman–Crippen LogP) is 2.79. The van der Waals surface area contributed by atoms with Gasteiger partial charge in [-0.2, -0.15) is 0 Å². The maximum absolute atomic E-state index is 12.8. The van der Waals surface area contributed by atoms with E-state index in [0.717, 1.165) is 23.3 Å². The zero-order chi connectivity index (χ0) is 22.4. The number of rotatable bonds is 9. The van der Waals surface area contributed by atoms with Crippen LogP contribution in [0.2, 0.25) is 0 Å². The Morgan fingerprint density at radius 2 is 1.58 bits per heavy atom. The highest BCUT2D eigenvalue weighted by Crippen LogP contribution is 2.26. The Labute approximate surface area is 180 Å². The number of aliphatic hydroxyl groups is 1. The Hall–Kier alpha value is -3.20. The van der Waals surface area contributed by atoms with Gasteiger partial charge in [-0.1, -0.05) is 42.5 Å². The summed E-state index contributed by atoms with van der Waals surface area (Å²) >= 11 is 0. The molecule has 7 nitrogen and oxygen atoms in total. The molecule has 31 heavy (non-hydrogen) atoms. The molecular formula is C23H23NO6S. The largest absolute Gasteiger partial charge is 0.507 e. The molecule has 1 atom stereocenters. The monoisotopic (exact) mass is 441 g/mol. The van der Waals surface area contributed by atoms with E-state index in [-0.39, 0.29) is 9.79 Å². The lowest BCUT2D eigenvalue weighted by Crippen LogP contribution is -2.23. The molecule has 0 saturated carbocycles. The molecule has 0 aliphatic rings. The fraction of sp³-hybridized carbons (Fsp3) is 0.174. The lowest BCUT2D eigenvalue weighted by Gasteiger charge is -2.12. The topological polar surface area (TPSA) is 124 Å². The Morgan fingerprint density at radius 1 is 0.935 bits per heavy atom. The van der Waals surface area contributed by atoms with Gasteiger partial charge in [0.05, 0.1) is 15.9 Å². The maximum Gasteiger partial charge on any atom is 0.339 e. The number of aromatic carboxylic acids is 1. The predicted molar refractivity (Wildman–Crippen MR) is 115 cm³/mol. The molecule has 0 spiro atoms. The molecule has 3 aromatic carbocycles. The van der Waals surface area contributed by atoms with Crippen molar-refractivity contribution in [2.45, 2.75) is 22.3 Å². The number of carboxylic acid groups (broad SMARTS) is 1. The van der Waals surface area contributed by atoms with E-state index in [1.54, 1.807) is 12.1 Å². The quantitative estimate of drug-likeness (QED) is 0.377. The summed E-state index contributed by atoms with van der Waals surface area (Å²) in [6, 6.07) is 18.9. The van der Waals surface area contributed by atoms with Crippen LogP contribution in [0.15, 0.2) is 82.6 Å². The van der Waals surface area contributed by atoms with Crippen LogP contribution in [0.5, 0.6) is 5.75 Å². The van der Waals surface area contributed by atoms with E-state index in [2.05, 4.69) is 5.32 Å². The molecule has 0 amide bonds. The first-order valence-electron chi connectivity index (χ1n) is 9.63. The second kappa shape index (κ2) is 9.74. The fourth-order valence-electron chi connectivity index (χ4n) is 3.09. The second-order valence-corrected chi connectivity index (χ2v) is 8.96. The van der Waals surface area contributed by atoms with E-state index >= 15 is 0 Å². The van der Waals surface area contributed by atoms with Crippen LogP contribution in [0.4, 0.5) is 0 Å². The number of carbonyl (C=O) groups is 1. The Bertz CT molecular complexity index is 1140. The summed E-state index contributed by atoms with van der Waals surface area (Å²) in [5, 5.41) is 32.0. The van der Waals surface area contributed by atoms with Crippen LogP contribution in [0, 0.1) is 0 Å². The van der Waals surface area contributed by atoms with Gasteiger partial charge in [-0.15, -0.1) is 0 Å². The molecule has 0 aliphatic carbocycles. The molecule has 0 unspecified atom stereocenters. The number of aromatic hydroxyl groups is 1. The number of nitrogens with one attached hydrogen (secondary N) is 1. The molecule has 0 saturated heterocycles. The number of hydrogen-bond acceptors (Lipinski definition) is 6. The van der Waals surface area contributed by atoms with Crippen LogP contribution in [0.25, 0.3) is 0 Å². The minimum Gasteiger partial charge on any atom is -0.507 e. The normalized spacial score (nSPS) is 12.4. The van der Waals surface area contributed by atoms with E-state index < -0.39 is 33.2 Å². The van der Waals surface area contributed by atoms with Crippen molar-refractivity contribution in [2.24, 2.45) is 0 Å². The van der Waals surface area contributed by atoms with Gasteiger partial charge in [-0.3, -0.25) is 0 Å². The van der Waals surface area contributed by atoms with E-state index in [0.29, 0.717) is 19.5 Å². The first-order chi connectivity index (χ1) is 14.8. The Balaban J connectivity index is 1.61. The van der Waals surface area contributed by atoms with E-state index in [4.69, 9.17) is 5.11 Å². The third-order valence-corrected chi connectivity index (χ3v) is 6.62. The van der Waals surface area contributed by atoms with Gasteiger partial charge in [0.1, 0.15) is 11.3 Å². The molecule has 4 N–H and O–H groups in total. The zero-order valence-corrected chi connectivity index (χ0v) is 17.4. The minimum absolute atomic E-state index is 0.0331. The van der Waals surface area contributed by atoms with Gasteiger partial charge in [0.25, 0.3) is 0 Å². The highest BCUT2D eigenvalue weighted by atomic mass is 32.2. The number of sulfone groups is 1. The van der Waals surface area contributed by atoms with Crippen molar-refractivity contribution in [3.8, 4) is 5.75 Å². The number of carboxylic acids is 1. The number of aliphatic hydroxyl groups excluding tert-OH is 1. The summed E-state index contributed by atoms with van der Waals surface area (Å²) in [5.41, 5.74) is 1.28. The summed E-state index contributed by atoms with van der Waals surface area (Å²) in [4.78, 5) is 11.0. The molecule has 0 fully saturated rings. The van der Waals surface area contributed by atoms with E-state index in [1.165, 1.54) is 18.2 Å². The third-order valence-electron chi connectivity index (χ3n) is 4.85. The Morgan fingerprint density at radius 3 is 2.23 bits per heavy atom. The van der Waals surface area contributed by atoms with Crippen molar-refractivity contribution in [3.63, 3.8) is 0 Å². The van der Waals surface area contributed by atoms with E-state index in [9.17, 15) is 23.4 Å². The number of hydrogen-bond donors (Lipinski definition) is 4. The SMILES string of the molecule is O=C(O)c1cc(S(=O)(=O)c2ccc(CCNC[C@@H](O)c3ccccc3)cc2)ccc1O. The summed E-state index contributed by atoms with van der Waals surface area (Å²) in [6.45, 7) is 1.01. The molecule has 0 aromatic heterocycles. The van der Waals surface area contributed by atoms with Gasteiger partial charge in [0.2, 0.25) is 9.84 Å². The summed E-state index contributed by atoms with van der Waals surface area (Å²) in [6.07, 6.45) is 0.0410. The standard InChI is InChI=1S/C23H23NO6S/c25-21-11-10-19(14-20(21)23(27)28)31(29,30)18-8-6-16(7-9-18)12-13-24-15-22(26)17-4-2-1-3-5-17/h1-11,14,22,24-26H,12-13,15H2,(H,27,28)/t22-/m1/s1. The molecule has 0 heterocycles. The van der Waals surface area contributed by atoms with Crippen LogP contribution in [0.3, 0.4) is 0 Å². The van der Waals surface area contributed by atoms with Crippen molar-refractivity contribution in [3.05, 3.63) is 89.5 Å². The molecule has 3 aromatic rings. The molecule has 3 rings (SSSR count). The molecule has 0 bridgehead atoms. The first kappa shape index (κ1) is 22.5. The van der Waals surface area contributed by atoms with Crippen LogP contribution in [-0.4, -0.2) is 42.8 Å². The van der Waals surface area contributed by atoms with Gasteiger partial charge in [-0.25, -0.2) is 13.2 Å². The van der Waals surface area contributed by atoms with Crippen LogP contribution in [-0.2, 0) is 16.3 Å². The highest BCUT2D eigenvalue weighted by molar-refractivity contribution is 7.91. The van der Waals surface area contributed by atoms with Crippen LogP contribution in [0.1, 0.15) is 27.6 Å². The van der Waals surface area contributed by atoms with Crippen molar-refractivity contribution in [2.75, 3.05) is 13.1 Å². The van der Waals surface area contributed by atoms with Gasteiger partial charge >= 0.3 is 5.97 Å². The molecule has 0 radical (unpaired) electrons. The Kier molecular flexibility index (Phi) is 7.06. The highest BCUT2D eigenvalue weighted by Gasteiger charge is 2.21. The van der Waals surface area contributed by atoms with Crippen LogP contribution < -0.4 is 5.32 Å². The number of phenols is 1. The molecule has 8 heteroatoms. The van der Waals surface area contributed by atoms with Gasteiger partial charge in [-0.05, 0) is 54.4 Å². The summed E-state index contributed by atoms with van der Waals surface area (Å²) < 4.78 is 25.6. The smallest absolute Gasteiger partial charge is 0.339 e. The average Bonchev–Trinajstić information content (AvgIpc) is 2.77. The van der Waals surface area contributed by atoms with Crippen molar-refractivity contribution in [1.82, 2.24) is 5.32 Å². The molecule has 0 aliphatic heterocycles. The van der Waals surface area contributed by atoms with Crippen molar-refractivity contribution < 1.29 is 28.5 Å². The zero-order valence-electron chi connectivity index (χ0n) is 16.6. The first-order valence-corrected chi connectivity index (χ1v) is 11.1. The van der Waals surface area contributed by atoms with E-state index in [1.807, 2.05) is 30.3 Å². The second-order valence-electron chi connectivity index (χ2n) is 7.01. The average molecular weight is 442 g/mol. The lowest BCUT2D eigenvalue weighted by molar-refractivity contribution is 0.0693. The van der Waals surface area contributed by atoms with Gasteiger partial charge < -0.3 is 20.6 Å². The van der Waals surface area contributed by atoms with Crippen LogP contribution >= 0.6 is 0 Å². The molecular weight excluding hydrogens is 418 g/mol. The molecule has 162 valence electrons. The maximum atomic E-state index is 12.8. The van der Waals surface area contributed by atoms with Crippen molar-refractivity contribution >= 4 is 15.8 Å². The van der Waals surface area contributed by atoms with Gasteiger partial charge in [0.15, 0.2) is 0 Å². The summed E-state index contributed by atoms with van der Waals surface area (Å²) in [5.74, 6) is -1.90. The third kappa shape index (κ3) is 5.49.